The van der Waals surface area contributed by atoms with Crippen LogP contribution in [0.25, 0.3) is 0 Å². The Labute approximate surface area is 147 Å². The molecule has 0 spiro atoms. The van der Waals surface area contributed by atoms with E-state index in [1.165, 1.54) is 0 Å². The van der Waals surface area contributed by atoms with E-state index < -0.39 is 5.97 Å². The van der Waals surface area contributed by atoms with Crippen LogP contribution < -0.4 is 9.47 Å². The summed E-state index contributed by atoms with van der Waals surface area (Å²) in [5, 5.41) is 0.796. The Morgan fingerprint density at radius 2 is 1.86 bits per heavy atom. The highest BCUT2D eigenvalue weighted by Gasteiger charge is 2.13. The summed E-state index contributed by atoms with van der Waals surface area (Å²) in [6.45, 7) is 3.46. The summed E-state index contributed by atoms with van der Waals surface area (Å²) in [5.74, 6) is 0.218. The monoisotopic (exact) mass is 402 g/mol. The lowest BCUT2D eigenvalue weighted by Gasteiger charge is -2.11. The molecule has 0 fully saturated rings. The summed E-state index contributed by atoms with van der Waals surface area (Å²) in [7, 11) is 0. The summed E-state index contributed by atoms with van der Waals surface area (Å²) in [6, 6.07) is 8.81. The Bertz CT molecular complexity index is 694. The Kier molecular flexibility index (Phi) is 5.73. The number of rotatable bonds is 4. The van der Waals surface area contributed by atoms with Gasteiger partial charge >= 0.3 is 5.97 Å². The van der Waals surface area contributed by atoms with Gasteiger partial charge in [0, 0.05) is 4.47 Å². The van der Waals surface area contributed by atoms with E-state index in [2.05, 4.69) is 15.9 Å². The SMILES string of the molecule is Cc1ccc(Cl)c(OCC(=O)Oc2c(C)cc(Br)cc2Cl)c1. The van der Waals surface area contributed by atoms with E-state index in [4.69, 9.17) is 32.7 Å². The van der Waals surface area contributed by atoms with E-state index in [-0.39, 0.29) is 6.61 Å². The molecule has 0 heterocycles. The molecular weight excluding hydrogens is 391 g/mol. The van der Waals surface area contributed by atoms with Crippen molar-refractivity contribution < 1.29 is 14.3 Å². The van der Waals surface area contributed by atoms with Crippen LogP contribution in [-0.4, -0.2) is 12.6 Å². The fourth-order valence-electron chi connectivity index (χ4n) is 1.82. The lowest BCUT2D eigenvalue weighted by atomic mass is 10.2. The lowest BCUT2D eigenvalue weighted by Crippen LogP contribution is -2.18. The first-order chi connectivity index (χ1) is 10.4. The third kappa shape index (κ3) is 4.38. The molecule has 2 rings (SSSR count). The molecular formula is C16H13BrCl2O3. The van der Waals surface area contributed by atoms with Crippen LogP contribution in [0.2, 0.25) is 10.0 Å². The van der Waals surface area contributed by atoms with Gasteiger partial charge in [-0.05, 0) is 49.2 Å². The van der Waals surface area contributed by atoms with Crippen molar-refractivity contribution in [1.82, 2.24) is 0 Å². The van der Waals surface area contributed by atoms with Crippen molar-refractivity contribution in [3.05, 3.63) is 56.0 Å². The summed E-state index contributed by atoms with van der Waals surface area (Å²) in [4.78, 5) is 11.9. The number of hydrogen-bond acceptors (Lipinski definition) is 3. The molecule has 0 unspecified atom stereocenters. The van der Waals surface area contributed by atoms with Gasteiger partial charge in [0.25, 0.3) is 0 Å². The van der Waals surface area contributed by atoms with Crippen LogP contribution in [0, 0.1) is 13.8 Å². The van der Waals surface area contributed by atoms with Gasteiger partial charge in [-0.15, -0.1) is 0 Å². The van der Waals surface area contributed by atoms with Crippen molar-refractivity contribution in [3.8, 4) is 11.5 Å². The normalized spacial score (nSPS) is 10.4. The fourth-order valence-corrected chi connectivity index (χ4v) is 3.00. The zero-order chi connectivity index (χ0) is 16.3. The molecule has 0 amide bonds. The topological polar surface area (TPSA) is 35.5 Å². The molecule has 0 saturated carbocycles. The highest BCUT2D eigenvalue weighted by Crippen LogP contribution is 2.32. The molecule has 0 atom stereocenters. The number of carbonyl (C=O) groups is 1. The highest BCUT2D eigenvalue weighted by molar-refractivity contribution is 9.10. The first-order valence-corrected chi connectivity index (χ1v) is 7.97. The summed E-state index contributed by atoms with van der Waals surface area (Å²) in [6.07, 6.45) is 0. The largest absolute Gasteiger partial charge is 0.480 e. The average Bonchev–Trinajstić information content (AvgIpc) is 2.44. The van der Waals surface area contributed by atoms with Gasteiger partial charge in [0.2, 0.25) is 0 Å². The van der Waals surface area contributed by atoms with Gasteiger partial charge in [-0.2, -0.15) is 0 Å². The smallest absolute Gasteiger partial charge is 0.349 e. The Hall–Kier alpha value is -1.23. The van der Waals surface area contributed by atoms with Crippen molar-refractivity contribution in [3.63, 3.8) is 0 Å². The molecule has 116 valence electrons. The molecule has 0 aliphatic heterocycles. The minimum Gasteiger partial charge on any atom is -0.480 e. The zero-order valence-electron chi connectivity index (χ0n) is 12.0. The van der Waals surface area contributed by atoms with Crippen LogP contribution in [0.4, 0.5) is 0 Å². The first kappa shape index (κ1) is 17.1. The van der Waals surface area contributed by atoms with Crippen molar-refractivity contribution in [1.29, 1.82) is 0 Å². The molecule has 3 nitrogen and oxygen atoms in total. The van der Waals surface area contributed by atoms with Crippen molar-refractivity contribution in [2.75, 3.05) is 6.61 Å². The second-order valence-electron chi connectivity index (χ2n) is 4.73. The maximum absolute atomic E-state index is 11.9. The predicted octanol–water partition coefficient (Wildman–Crippen LogP) is 5.36. The van der Waals surface area contributed by atoms with E-state index in [1.807, 2.05) is 19.1 Å². The highest BCUT2D eigenvalue weighted by atomic mass is 79.9. The number of ether oxygens (including phenoxy) is 2. The molecule has 0 aliphatic rings. The van der Waals surface area contributed by atoms with Gasteiger partial charge < -0.3 is 9.47 Å². The minimum atomic E-state index is -0.551. The van der Waals surface area contributed by atoms with Crippen LogP contribution >= 0.6 is 39.1 Å². The molecule has 0 N–H and O–H groups in total. The number of aryl methyl sites for hydroxylation is 2. The van der Waals surface area contributed by atoms with Crippen molar-refractivity contribution in [2.45, 2.75) is 13.8 Å². The van der Waals surface area contributed by atoms with Gasteiger partial charge in [-0.25, -0.2) is 4.79 Å². The fraction of sp³-hybridized carbons (Fsp3) is 0.188. The van der Waals surface area contributed by atoms with Gasteiger partial charge in [0.1, 0.15) is 5.75 Å². The number of hydrogen-bond donors (Lipinski definition) is 0. The third-order valence-electron chi connectivity index (χ3n) is 2.84. The number of esters is 1. The van der Waals surface area contributed by atoms with Gasteiger partial charge in [0.05, 0.1) is 10.0 Å². The summed E-state index contributed by atoms with van der Waals surface area (Å²) in [5.41, 5.74) is 1.74. The molecule has 0 aliphatic carbocycles. The number of halogens is 3. The van der Waals surface area contributed by atoms with E-state index >= 15 is 0 Å². The van der Waals surface area contributed by atoms with E-state index in [1.54, 1.807) is 25.1 Å². The maximum atomic E-state index is 11.9. The van der Waals surface area contributed by atoms with Crippen LogP contribution in [0.1, 0.15) is 11.1 Å². The molecule has 6 heteroatoms. The predicted molar refractivity (Wildman–Crippen MR) is 91.2 cm³/mol. The van der Waals surface area contributed by atoms with Crippen LogP contribution in [0.15, 0.2) is 34.8 Å². The first-order valence-electron chi connectivity index (χ1n) is 6.42. The molecule has 0 radical (unpaired) electrons. The van der Waals surface area contributed by atoms with Crippen molar-refractivity contribution >= 4 is 45.1 Å². The Morgan fingerprint density at radius 3 is 2.55 bits per heavy atom. The van der Waals surface area contributed by atoms with Crippen LogP contribution in [0.3, 0.4) is 0 Å². The molecule has 2 aromatic carbocycles. The molecule has 0 bridgehead atoms. The van der Waals surface area contributed by atoms with Gasteiger partial charge in [-0.1, -0.05) is 45.2 Å². The van der Waals surface area contributed by atoms with Crippen molar-refractivity contribution in [2.24, 2.45) is 0 Å². The third-order valence-corrected chi connectivity index (χ3v) is 3.89. The quantitative estimate of drug-likeness (QED) is 0.509. The second kappa shape index (κ2) is 7.36. The van der Waals surface area contributed by atoms with E-state index in [0.717, 1.165) is 15.6 Å². The second-order valence-corrected chi connectivity index (χ2v) is 6.46. The molecule has 22 heavy (non-hydrogen) atoms. The lowest BCUT2D eigenvalue weighted by molar-refractivity contribution is -0.136. The van der Waals surface area contributed by atoms with Crippen LogP contribution in [0.5, 0.6) is 11.5 Å². The maximum Gasteiger partial charge on any atom is 0.349 e. The van der Waals surface area contributed by atoms with E-state index in [0.29, 0.717) is 21.5 Å². The van der Waals surface area contributed by atoms with Crippen LogP contribution in [-0.2, 0) is 4.79 Å². The van der Waals surface area contributed by atoms with Gasteiger partial charge in [-0.3, -0.25) is 0 Å². The Morgan fingerprint density at radius 1 is 1.14 bits per heavy atom. The van der Waals surface area contributed by atoms with E-state index in [9.17, 15) is 4.79 Å². The summed E-state index contributed by atoms with van der Waals surface area (Å²) >= 11 is 15.4. The average molecular weight is 404 g/mol. The molecule has 0 saturated heterocycles. The molecule has 2 aromatic rings. The van der Waals surface area contributed by atoms with Gasteiger partial charge in [0.15, 0.2) is 12.4 Å². The number of carbonyl (C=O) groups excluding carboxylic acids is 1. The molecule has 0 aromatic heterocycles. The zero-order valence-corrected chi connectivity index (χ0v) is 15.1. The standard InChI is InChI=1S/C16H13BrCl2O3/c1-9-3-4-12(18)14(5-9)21-8-15(20)22-16-10(2)6-11(17)7-13(16)19/h3-7H,8H2,1-2H3. The summed E-state index contributed by atoms with van der Waals surface area (Å²) < 4.78 is 11.5. The minimum absolute atomic E-state index is 0.255. The number of benzene rings is 2. The Balaban J connectivity index is 2.03.